The topological polar surface area (TPSA) is 61.1 Å². The molecule has 0 amide bonds. The Morgan fingerprint density at radius 2 is 1.88 bits per heavy atom. The summed E-state index contributed by atoms with van der Waals surface area (Å²) >= 11 is 0. The number of hydrogen-bond donors (Lipinski definition) is 1. The number of nitriles is 1. The summed E-state index contributed by atoms with van der Waals surface area (Å²) < 4.78 is 0. The van der Waals surface area contributed by atoms with E-state index < -0.39 is 11.0 Å². The highest BCUT2D eigenvalue weighted by Gasteiger charge is 2.59. The van der Waals surface area contributed by atoms with Gasteiger partial charge in [0, 0.05) is 6.42 Å². The molecule has 0 bridgehead atoms. The zero-order valence-corrected chi connectivity index (χ0v) is 21.5. The monoisotopic (exact) mass is 451 g/mol. The zero-order valence-electron chi connectivity index (χ0n) is 21.5. The van der Waals surface area contributed by atoms with Gasteiger partial charge in [-0.15, -0.1) is 0 Å². The molecule has 5 rings (SSSR count). The van der Waals surface area contributed by atoms with Crippen LogP contribution in [0.25, 0.3) is 0 Å². The Labute approximate surface area is 201 Å². The van der Waals surface area contributed by atoms with Crippen molar-refractivity contribution in [3.8, 4) is 6.07 Å². The lowest BCUT2D eigenvalue weighted by Crippen LogP contribution is -2.52. The minimum Gasteiger partial charge on any atom is -0.390 e. The summed E-state index contributed by atoms with van der Waals surface area (Å²) in [6.07, 6.45) is 16.1. The molecule has 1 N–H and O–H groups in total. The van der Waals surface area contributed by atoms with Crippen LogP contribution in [0, 0.1) is 57.2 Å². The molecule has 182 valence electrons. The van der Waals surface area contributed by atoms with Crippen molar-refractivity contribution in [3.05, 3.63) is 11.6 Å². The van der Waals surface area contributed by atoms with E-state index in [-0.39, 0.29) is 11.2 Å². The average molecular weight is 452 g/mol. The number of Topliss-reactive ketones (excluding diaryl/α,β-unsaturated/α-hetero) is 1. The molecule has 5 aliphatic rings. The fraction of sp³-hybridized carbons (Fsp3) is 0.867. The minimum atomic E-state index is -0.633. The van der Waals surface area contributed by atoms with Crippen LogP contribution < -0.4 is 0 Å². The molecule has 0 unspecified atom stereocenters. The van der Waals surface area contributed by atoms with E-state index in [1.165, 1.54) is 32.1 Å². The predicted octanol–water partition coefficient (Wildman–Crippen LogP) is 7.00. The van der Waals surface area contributed by atoms with Crippen LogP contribution in [0.2, 0.25) is 0 Å². The van der Waals surface area contributed by atoms with E-state index >= 15 is 0 Å². The molecular formula is C30H45NO2. The van der Waals surface area contributed by atoms with Gasteiger partial charge in [-0.3, -0.25) is 4.79 Å². The molecule has 0 spiro atoms. The molecule has 0 aromatic heterocycles. The van der Waals surface area contributed by atoms with Gasteiger partial charge in [-0.25, -0.2) is 0 Å². The lowest BCUT2D eigenvalue weighted by atomic mass is 9.46. The van der Waals surface area contributed by atoms with Crippen molar-refractivity contribution in [2.75, 3.05) is 0 Å². The van der Waals surface area contributed by atoms with Crippen molar-refractivity contribution in [2.45, 2.75) is 117 Å². The van der Waals surface area contributed by atoms with Crippen LogP contribution in [-0.2, 0) is 4.79 Å². The number of carbonyl (C=O) groups excluding carboxylic acids is 1. The Balaban J connectivity index is 1.28. The van der Waals surface area contributed by atoms with Crippen LogP contribution in [0.4, 0.5) is 0 Å². The third kappa shape index (κ3) is 3.57. The predicted molar refractivity (Wildman–Crippen MR) is 131 cm³/mol. The van der Waals surface area contributed by atoms with Gasteiger partial charge in [0.15, 0.2) is 5.78 Å². The van der Waals surface area contributed by atoms with Crippen LogP contribution in [0.3, 0.4) is 0 Å². The van der Waals surface area contributed by atoms with Crippen molar-refractivity contribution in [1.29, 1.82) is 5.26 Å². The van der Waals surface area contributed by atoms with Crippen LogP contribution in [0.5, 0.6) is 0 Å². The van der Waals surface area contributed by atoms with E-state index in [2.05, 4.69) is 32.9 Å². The third-order valence-electron chi connectivity index (χ3n) is 11.9. The Morgan fingerprint density at radius 1 is 1.12 bits per heavy atom. The summed E-state index contributed by atoms with van der Waals surface area (Å²) in [5.41, 5.74) is 1.08. The second-order valence-electron chi connectivity index (χ2n) is 13.6. The van der Waals surface area contributed by atoms with Gasteiger partial charge in [-0.1, -0.05) is 32.4 Å². The highest BCUT2D eigenvalue weighted by atomic mass is 16.3. The maximum Gasteiger partial charge on any atom is 0.153 e. The number of ketones is 1. The molecule has 0 aliphatic heterocycles. The molecular weight excluding hydrogens is 406 g/mol. The number of carbonyl (C=O) groups is 1. The van der Waals surface area contributed by atoms with Crippen LogP contribution >= 0.6 is 0 Å². The molecule has 0 heterocycles. The Hall–Kier alpha value is -1.14. The Morgan fingerprint density at radius 3 is 2.55 bits per heavy atom. The highest BCUT2D eigenvalue weighted by Crippen LogP contribution is 2.67. The fourth-order valence-corrected chi connectivity index (χ4v) is 9.56. The number of rotatable bonds is 5. The highest BCUT2D eigenvalue weighted by molar-refractivity contribution is 5.88. The van der Waals surface area contributed by atoms with Crippen molar-refractivity contribution in [3.63, 3.8) is 0 Å². The van der Waals surface area contributed by atoms with Gasteiger partial charge in [0.2, 0.25) is 0 Å². The molecule has 33 heavy (non-hydrogen) atoms. The zero-order chi connectivity index (χ0) is 23.6. The van der Waals surface area contributed by atoms with Crippen LogP contribution in [0.1, 0.15) is 111 Å². The van der Waals surface area contributed by atoms with Crippen molar-refractivity contribution in [2.24, 2.45) is 45.8 Å². The van der Waals surface area contributed by atoms with Crippen molar-refractivity contribution < 1.29 is 9.90 Å². The molecule has 0 saturated heterocycles. The Bertz CT molecular complexity index is 876. The van der Waals surface area contributed by atoms with Crippen LogP contribution in [-0.4, -0.2) is 16.5 Å². The van der Waals surface area contributed by atoms with Gasteiger partial charge in [0.05, 0.1) is 11.7 Å². The van der Waals surface area contributed by atoms with Crippen LogP contribution in [0.15, 0.2) is 11.6 Å². The van der Waals surface area contributed by atoms with Gasteiger partial charge < -0.3 is 5.11 Å². The molecule has 3 nitrogen and oxygen atoms in total. The van der Waals surface area contributed by atoms with Crippen molar-refractivity contribution in [1.82, 2.24) is 0 Å². The standard InChI is InChI=1S/C30H45NO2/c1-20(6-11-26(32)30(19-31)13-5-14-30)23-9-10-24-22-8-7-21-18-27(2,33)16-17-28(21,3)25(22)12-15-29(23,24)4/h7,20,22-25,33H,5-6,8-18H2,1-4H3/t20-,22+,23-,24+,25+,27+,28+,29-/m1/s1. The second-order valence-corrected chi connectivity index (χ2v) is 13.6. The van der Waals surface area contributed by atoms with Crippen molar-refractivity contribution >= 4 is 5.78 Å². The SMILES string of the molecule is C[C@H](CCC(=O)C1(C#N)CCC1)[C@H]1CC[C@H]2[C@@H]3CC=C4C[C@@](C)(O)CC[C@]4(C)[C@H]3CC[C@]12C. The number of nitrogens with zero attached hydrogens (tertiary/aromatic N) is 1. The normalized spacial score (nSPS) is 46.6. The first-order chi connectivity index (χ1) is 15.5. The van der Waals surface area contributed by atoms with E-state index in [1.807, 2.05) is 6.92 Å². The lowest BCUT2D eigenvalue weighted by molar-refractivity contribution is -0.130. The fourth-order valence-electron chi connectivity index (χ4n) is 9.56. The van der Waals surface area contributed by atoms with E-state index in [0.29, 0.717) is 23.7 Å². The second kappa shape index (κ2) is 7.94. The number of aliphatic hydroxyl groups is 1. The third-order valence-corrected chi connectivity index (χ3v) is 11.9. The lowest BCUT2D eigenvalue weighted by Gasteiger charge is -2.59. The molecule has 4 saturated carbocycles. The van der Waals surface area contributed by atoms with E-state index in [0.717, 1.165) is 62.7 Å². The summed E-state index contributed by atoms with van der Waals surface area (Å²) in [6.45, 7) is 9.51. The molecule has 5 aliphatic carbocycles. The number of fused-ring (bicyclic) bond motifs is 5. The first-order valence-corrected chi connectivity index (χ1v) is 13.9. The van der Waals surface area contributed by atoms with Gasteiger partial charge in [-0.05, 0) is 124 Å². The first kappa shape index (κ1) is 23.6. The quantitative estimate of drug-likeness (QED) is 0.458. The van der Waals surface area contributed by atoms with Gasteiger partial charge in [-0.2, -0.15) is 5.26 Å². The minimum absolute atomic E-state index is 0.220. The van der Waals surface area contributed by atoms with Gasteiger partial charge in [0.25, 0.3) is 0 Å². The summed E-state index contributed by atoms with van der Waals surface area (Å²) in [5.74, 6) is 3.85. The van der Waals surface area contributed by atoms with E-state index in [1.54, 1.807) is 5.57 Å². The Kier molecular flexibility index (Phi) is 5.68. The molecule has 4 fully saturated rings. The maximum atomic E-state index is 12.8. The summed E-state index contributed by atoms with van der Waals surface area (Å²) in [7, 11) is 0. The first-order valence-electron chi connectivity index (χ1n) is 13.9. The van der Waals surface area contributed by atoms with E-state index in [9.17, 15) is 15.2 Å². The maximum absolute atomic E-state index is 12.8. The smallest absolute Gasteiger partial charge is 0.153 e. The van der Waals surface area contributed by atoms with E-state index in [4.69, 9.17) is 0 Å². The summed E-state index contributed by atoms with van der Waals surface area (Å²) in [6, 6.07) is 2.35. The van der Waals surface area contributed by atoms with Gasteiger partial charge in [0.1, 0.15) is 5.41 Å². The number of hydrogen-bond acceptors (Lipinski definition) is 3. The molecule has 8 atom stereocenters. The molecule has 0 radical (unpaired) electrons. The summed E-state index contributed by atoms with van der Waals surface area (Å²) in [5, 5.41) is 20.2. The number of allylic oxidation sites excluding steroid dienone is 1. The van der Waals surface area contributed by atoms with Gasteiger partial charge >= 0.3 is 0 Å². The molecule has 3 heteroatoms. The molecule has 0 aromatic carbocycles. The molecule has 0 aromatic rings. The summed E-state index contributed by atoms with van der Waals surface area (Å²) in [4.78, 5) is 12.8. The average Bonchev–Trinajstić information content (AvgIpc) is 3.09. The largest absolute Gasteiger partial charge is 0.390 e.